The van der Waals surface area contributed by atoms with E-state index in [1.165, 1.54) is 0 Å². The smallest absolute Gasteiger partial charge is 0.233 e. The minimum absolute atomic E-state index is 0.00976. The second-order valence-electron chi connectivity index (χ2n) is 5.29. The fourth-order valence-corrected chi connectivity index (χ4v) is 2.35. The maximum absolute atomic E-state index is 11.9. The molecule has 0 spiro atoms. The molecule has 1 aliphatic rings. The maximum atomic E-state index is 11.9. The summed E-state index contributed by atoms with van der Waals surface area (Å²) in [6.07, 6.45) is 2.04. The number of anilines is 1. The van der Waals surface area contributed by atoms with Crippen LogP contribution in [0.5, 0.6) is 5.88 Å². The van der Waals surface area contributed by atoms with Gasteiger partial charge in [0.2, 0.25) is 11.8 Å². The average molecular weight is 313 g/mol. The number of halogens is 1. The zero-order chi connectivity index (χ0) is 15.2. The third kappa shape index (κ3) is 4.46. The Bertz CT molecular complexity index is 467. The molecule has 1 saturated heterocycles. The van der Waals surface area contributed by atoms with Crippen LogP contribution in [-0.2, 0) is 4.79 Å². The second kappa shape index (κ2) is 7.45. The van der Waals surface area contributed by atoms with Gasteiger partial charge in [0, 0.05) is 45.4 Å². The first-order chi connectivity index (χ1) is 10.1. The molecule has 1 fully saturated rings. The van der Waals surface area contributed by atoms with Crippen LogP contribution in [0.1, 0.15) is 19.3 Å². The van der Waals surface area contributed by atoms with Crippen molar-refractivity contribution in [2.24, 2.45) is 0 Å². The quantitative estimate of drug-likeness (QED) is 0.746. The molecule has 1 unspecified atom stereocenters. The summed E-state index contributed by atoms with van der Waals surface area (Å²) in [5, 5.41) is 8.12. The Morgan fingerprint density at radius 2 is 2.29 bits per heavy atom. The van der Waals surface area contributed by atoms with Gasteiger partial charge in [0.25, 0.3) is 0 Å². The topological polar surface area (TPSA) is 58.6 Å². The highest BCUT2D eigenvalue weighted by molar-refractivity contribution is 6.17. The Morgan fingerprint density at radius 1 is 1.48 bits per heavy atom. The molecule has 7 heteroatoms. The Hall–Kier alpha value is -1.56. The molecular formula is C14H21ClN4O2. The van der Waals surface area contributed by atoms with Gasteiger partial charge in [-0.15, -0.1) is 21.8 Å². The molecule has 116 valence electrons. The van der Waals surface area contributed by atoms with E-state index < -0.39 is 0 Å². The van der Waals surface area contributed by atoms with E-state index in [-0.39, 0.29) is 12.0 Å². The fourth-order valence-electron chi connectivity index (χ4n) is 2.21. The van der Waals surface area contributed by atoms with Gasteiger partial charge in [0.05, 0.1) is 6.54 Å². The lowest BCUT2D eigenvalue weighted by molar-refractivity contribution is -0.130. The molecule has 2 heterocycles. The maximum Gasteiger partial charge on any atom is 0.233 e. The molecule has 21 heavy (non-hydrogen) atoms. The molecule has 0 bridgehead atoms. The number of nitrogens with zero attached hydrogens (tertiary/aromatic N) is 4. The molecule has 1 aromatic heterocycles. The number of rotatable bonds is 6. The molecule has 6 nitrogen and oxygen atoms in total. The monoisotopic (exact) mass is 312 g/mol. The molecule has 0 radical (unpaired) electrons. The summed E-state index contributed by atoms with van der Waals surface area (Å²) < 4.78 is 5.78. The van der Waals surface area contributed by atoms with Gasteiger partial charge in [-0.2, -0.15) is 0 Å². The summed E-state index contributed by atoms with van der Waals surface area (Å²) in [5.74, 6) is 1.95. The SMILES string of the molecule is CN(C)c1ccc(OC2CCN(C(=O)CCCCl)C2)nn1. The van der Waals surface area contributed by atoms with Crippen LogP contribution in [0.15, 0.2) is 12.1 Å². The van der Waals surface area contributed by atoms with Crippen molar-refractivity contribution in [2.75, 3.05) is 38.0 Å². The number of alkyl halides is 1. The van der Waals surface area contributed by atoms with E-state index in [9.17, 15) is 4.79 Å². The Labute approximate surface area is 130 Å². The predicted molar refractivity (Wildman–Crippen MR) is 81.9 cm³/mol. The zero-order valence-corrected chi connectivity index (χ0v) is 13.2. The van der Waals surface area contributed by atoms with Crippen LogP contribution in [-0.4, -0.2) is 60.2 Å². The molecule has 2 rings (SSSR count). The number of hydrogen-bond acceptors (Lipinski definition) is 5. The highest BCUT2D eigenvalue weighted by Gasteiger charge is 2.27. The Morgan fingerprint density at radius 3 is 2.90 bits per heavy atom. The van der Waals surface area contributed by atoms with Crippen molar-refractivity contribution in [3.63, 3.8) is 0 Å². The summed E-state index contributed by atoms with van der Waals surface area (Å²) >= 11 is 5.61. The van der Waals surface area contributed by atoms with Gasteiger partial charge in [-0.1, -0.05) is 0 Å². The summed E-state index contributed by atoms with van der Waals surface area (Å²) in [7, 11) is 3.82. The van der Waals surface area contributed by atoms with Crippen molar-refractivity contribution in [3.8, 4) is 5.88 Å². The number of ether oxygens (including phenoxy) is 1. The zero-order valence-electron chi connectivity index (χ0n) is 12.5. The molecule has 1 aromatic rings. The number of carbonyl (C=O) groups is 1. The first-order valence-electron chi connectivity index (χ1n) is 7.11. The molecule has 1 aliphatic heterocycles. The van der Waals surface area contributed by atoms with Gasteiger partial charge in [-0.3, -0.25) is 4.79 Å². The lowest BCUT2D eigenvalue weighted by Gasteiger charge is -2.17. The van der Waals surface area contributed by atoms with Crippen LogP contribution >= 0.6 is 11.6 Å². The summed E-state index contributed by atoms with van der Waals surface area (Å²) in [6, 6.07) is 3.67. The molecule has 0 aliphatic carbocycles. The first kappa shape index (κ1) is 15.8. The van der Waals surface area contributed by atoms with Crippen molar-refractivity contribution < 1.29 is 9.53 Å². The molecular weight excluding hydrogens is 292 g/mol. The van der Waals surface area contributed by atoms with Crippen LogP contribution in [0.2, 0.25) is 0 Å². The number of aromatic nitrogens is 2. The van der Waals surface area contributed by atoms with Gasteiger partial charge in [0.15, 0.2) is 5.82 Å². The van der Waals surface area contributed by atoms with Crippen molar-refractivity contribution in [1.29, 1.82) is 0 Å². The number of likely N-dealkylation sites (tertiary alicyclic amines) is 1. The van der Waals surface area contributed by atoms with Gasteiger partial charge in [-0.25, -0.2) is 0 Å². The largest absolute Gasteiger partial charge is 0.471 e. The van der Waals surface area contributed by atoms with Crippen molar-refractivity contribution >= 4 is 23.3 Å². The molecule has 0 N–H and O–H groups in total. The number of amides is 1. The fraction of sp³-hybridized carbons (Fsp3) is 0.643. The van der Waals surface area contributed by atoms with Gasteiger partial charge < -0.3 is 14.5 Å². The molecule has 1 atom stereocenters. The van der Waals surface area contributed by atoms with E-state index >= 15 is 0 Å². The average Bonchev–Trinajstić information content (AvgIpc) is 2.94. The molecule has 1 amide bonds. The van der Waals surface area contributed by atoms with Crippen LogP contribution < -0.4 is 9.64 Å². The van der Waals surface area contributed by atoms with Crippen LogP contribution in [0.4, 0.5) is 5.82 Å². The summed E-state index contributed by atoms with van der Waals surface area (Å²) in [4.78, 5) is 15.6. The third-order valence-corrected chi connectivity index (χ3v) is 3.66. The third-order valence-electron chi connectivity index (χ3n) is 3.39. The van der Waals surface area contributed by atoms with E-state index in [4.69, 9.17) is 16.3 Å². The van der Waals surface area contributed by atoms with Crippen LogP contribution in [0, 0.1) is 0 Å². The second-order valence-corrected chi connectivity index (χ2v) is 5.66. The number of hydrogen-bond donors (Lipinski definition) is 0. The van der Waals surface area contributed by atoms with E-state index in [0.29, 0.717) is 24.7 Å². The summed E-state index contributed by atoms with van der Waals surface area (Å²) in [5.41, 5.74) is 0. The summed E-state index contributed by atoms with van der Waals surface area (Å²) in [6.45, 7) is 1.34. The standard InChI is InChI=1S/C14H21ClN4O2/c1-18(2)12-5-6-13(17-16-12)21-11-7-9-19(10-11)14(20)4-3-8-15/h5-6,11H,3-4,7-10H2,1-2H3. The van der Waals surface area contributed by atoms with E-state index in [1.807, 2.05) is 30.0 Å². The number of carbonyl (C=O) groups excluding carboxylic acids is 1. The lowest BCUT2D eigenvalue weighted by Crippen LogP contribution is -2.30. The van der Waals surface area contributed by atoms with E-state index in [0.717, 1.165) is 25.2 Å². The van der Waals surface area contributed by atoms with Crippen LogP contribution in [0.3, 0.4) is 0 Å². The molecule has 0 aromatic carbocycles. The van der Waals surface area contributed by atoms with Gasteiger partial charge in [-0.05, 0) is 12.5 Å². The lowest BCUT2D eigenvalue weighted by atomic mass is 10.3. The Kier molecular flexibility index (Phi) is 5.61. The highest BCUT2D eigenvalue weighted by Crippen LogP contribution is 2.18. The van der Waals surface area contributed by atoms with Gasteiger partial charge >= 0.3 is 0 Å². The van der Waals surface area contributed by atoms with Gasteiger partial charge in [0.1, 0.15) is 6.10 Å². The normalized spacial score (nSPS) is 17.9. The van der Waals surface area contributed by atoms with Crippen molar-refractivity contribution in [2.45, 2.75) is 25.4 Å². The van der Waals surface area contributed by atoms with Crippen LogP contribution in [0.25, 0.3) is 0 Å². The predicted octanol–water partition coefficient (Wildman–Crippen LogP) is 1.54. The molecule has 0 saturated carbocycles. The Balaban J connectivity index is 1.83. The van der Waals surface area contributed by atoms with Crippen molar-refractivity contribution in [3.05, 3.63) is 12.1 Å². The van der Waals surface area contributed by atoms with E-state index in [2.05, 4.69) is 10.2 Å². The highest BCUT2D eigenvalue weighted by atomic mass is 35.5. The first-order valence-corrected chi connectivity index (χ1v) is 7.65. The minimum atomic E-state index is -0.00976. The van der Waals surface area contributed by atoms with Crippen molar-refractivity contribution in [1.82, 2.24) is 15.1 Å². The van der Waals surface area contributed by atoms with E-state index in [1.54, 1.807) is 6.07 Å². The minimum Gasteiger partial charge on any atom is -0.471 e.